The fourth-order valence-electron chi connectivity index (χ4n) is 2.41. The van der Waals surface area contributed by atoms with Crippen molar-refractivity contribution in [2.75, 3.05) is 0 Å². The van der Waals surface area contributed by atoms with Gasteiger partial charge < -0.3 is 4.42 Å². The molecule has 0 aromatic carbocycles. The van der Waals surface area contributed by atoms with Crippen LogP contribution in [0.5, 0.6) is 0 Å². The van der Waals surface area contributed by atoms with Gasteiger partial charge in [-0.1, -0.05) is 17.8 Å². The maximum absolute atomic E-state index is 12.1. The number of fused-ring (bicyclic) bond motifs is 1. The first-order chi connectivity index (χ1) is 12.7. The Bertz CT molecular complexity index is 1140. The van der Waals surface area contributed by atoms with Crippen LogP contribution in [0.4, 0.5) is 0 Å². The van der Waals surface area contributed by atoms with Crippen molar-refractivity contribution in [3.8, 4) is 11.6 Å². The van der Waals surface area contributed by atoms with Crippen molar-refractivity contribution in [3.63, 3.8) is 0 Å². The Morgan fingerprint density at radius 3 is 3.04 bits per heavy atom. The van der Waals surface area contributed by atoms with Gasteiger partial charge in [0.05, 0.1) is 5.69 Å². The van der Waals surface area contributed by atoms with Crippen LogP contribution >= 0.6 is 39.0 Å². The number of aromatic nitrogens is 5. The highest BCUT2D eigenvalue weighted by Crippen LogP contribution is 2.28. The van der Waals surface area contributed by atoms with E-state index in [1.165, 1.54) is 27.5 Å². The number of allylic oxidation sites excluding steroid dienone is 1. The van der Waals surface area contributed by atoms with E-state index in [9.17, 15) is 4.79 Å². The average Bonchev–Trinajstić information content (AvgIpc) is 3.33. The summed E-state index contributed by atoms with van der Waals surface area (Å²) in [6.45, 7) is 4.34. The van der Waals surface area contributed by atoms with Gasteiger partial charge >= 0.3 is 0 Å². The Kier molecular flexibility index (Phi) is 4.79. The van der Waals surface area contributed by atoms with E-state index in [1.54, 1.807) is 18.3 Å². The zero-order chi connectivity index (χ0) is 18.1. The Morgan fingerprint density at radius 1 is 1.38 bits per heavy atom. The Hall–Kier alpha value is -2.17. The van der Waals surface area contributed by atoms with E-state index in [1.807, 2.05) is 22.1 Å². The van der Waals surface area contributed by atoms with Crippen molar-refractivity contribution in [3.05, 3.63) is 63.1 Å². The summed E-state index contributed by atoms with van der Waals surface area (Å²) in [5.74, 6) is 1.76. The smallest absolute Gasteiger partial charge is 0.258 e. The maximum atomic E-state index is 12.1. The van der Waals surface area contributed by atoms with Crippen LogP contribution in [0, 0.1) is 0 Å². The van der Waals surface area contributed by atoms with Crippen LogP contribution in [0.1, 0.15) is 5.69 Å². The fourth-order valence-corrected chi connectivity index (χ4v) is 4.29. The van der Waals surface area contributed by atoms with Crippen molar-refractivity contribution in [1.82, 2.24) is 24.1 Å². The van der Waals surface area contributed by atoms with Crippen molar-refractivity contribution in [2.24, 2.45) is 0 Å². The monoisotopic (exact) mass is 449 g/mol. The molecular formula is C16H12BrN5O2S2. The number of thiazole rings is 1. The first-order valence-corrected chi connectivity index (χ1v) is 10.2. The summed E-state index contributed by atoms with van der Waals surface area (Å²) >= 11 is 6.19. The lowest BCUT2D eigenvalue weighted by molar-refractivity contribution is 0.545. The minimum absolute atomic E-state index is 0.0828. The lowest BCUT2D eigenvalue weighted by Crippen LogP contribution is -2.12. The van der Waals surface area contributed by atoms with Crippen molar-refractivity contribution < 1.29 is 4.42 Å². The molecule has 0 fully saturated rings. The summed E-state index contributed by atoms with van der Waals surface area (Å²) in [5, 5.41) is 11.0. The Labute approximate surface area is 164 Å². The summed E-state index contributed by atoms with van der Waals surface area (Å²) in [4.78, 5) is 17.3. The van der Waals surface area contributed by atoms with Gasteiger partial charge in [0.25, 0.3) is 5.56 Å². The lowest BCUT2D eigenvalue weighted by Gasteiger charge is -2.06. The van der Waals surface area contributed by atoms with Crippen LogP contribution in [0.25, 0.3) is 16.5 Å². The van der Waals surface area contributed by atoms with Gasteiger partial charge in [0.15, 0.2) is 20.5 Å². The number of halogens is 1. The fraction of sp³-hybridized carbons (Fsp3) is 0.125. The van der Waals surface area contributed by atoms with Crippen molar-refractivity contribution >= 4 is 44.0 Å². The van der Waals surface area contributed by atoms with E-state index in [-0.39, 0.29) is 5.56 Å². The molecule has 0 N–H and O–H groups in total. The highest BCUT2D eigenvalue weighted by Gasteiger charge is 2.17. The third kappa shape index (κ3) is 3.27. The molecule has 0 aliphatic heterocycles. The average molecular weight is 450 g/mol. The first kappa shape index (κ1) is 17.3. The second-order valence-electron chi connectivity index (χ2n) is 5.24. The van der Waals surface area contributed by atoms with Gasteiger partial charge in [-0.05, 0) is 28.1 Å². The van der Waals surface area contributed by atoms with Gasteiger partial charge in [-0.25, -0.2) is 4.98 Å². The van der Waals surface area contributed by atoms with Crippen LogP contribution < -0.4 is 5.56 Å². The molecule has 0 amide bonds. The zero-order valence-corrected chi connectivity index (χ0v) is 16.6. The molecule has 0 radical (unpaired) electrons. The molecule has 26 heavy (non-hydrogen) atoms. The molecule has 10 heteroatoms. The minimum atomic E-state index is -0.0828. The van der Waals surface area contributed by atoms with Gasteiger partial charge in [-0.15, -0.1) is 28.1 Å². The molecule has 0 saturated carbocycles. The summed E-state index contributed by atoms with van der Waals surface area (Å²) in [6, 6.07) is 5.18. The van der Waals surface area contributed by atoms with E-state index in [0.717, 1.165) is 0 Å². The van der Waals surface area contributed by atoms with Gasteiger partial charge in [-0.2, -0.15) is 0 Å². The summed E-state index contributed by atoms with van der Waals surface area (Å²) in [5.41, 5.74) is 0.624. The summed E-state index contributed by atoms with van der Waals surface area (Å²) in [7, 11) is 0. The second kappa shape index (κ2) is 7.22. The standard InChI is InChI=1S/C16H12BrN5O2S2/c1-2-5-22-14(11-3-4-12(17)24-11)19-20-16(22)26-9-10-8-13(23)21-6-7-25-15(21)18-10/h2-4,6-8H,1,5,9H2. The highest BCUT2D eigenvalue weighted by atomic mass is 79.9. The van der Waals surface area contributed by atoms with E-state index in [0.29, 0.717) is 44.4 Å². The number of thioether (sulfide) groups is 1. The molecule has 0 unspecified atom stereocenters. The number of hydrogen-bond donors (Lipinski definition) is 0. The van der Waals surface area contributed by atoms with E-state index < -0.39 is 0 Å². The molecule has 0 aliphatic carbocycles. The zero-order valence-electron chi connectivity index (χ0n) is 13.3. The maximum Gasteiger partial charge on any atom is 0.258 e. The lowest BCUT2D eigenvalue weighted by atomic mass is 10.4. The number of nitrogens with zero attached hydrogens (tertiary/aromatic N) is 5. The number of rotatable bonds is 6. The van der Waals surface area contributed by atoms with Crippen LogP contribution in [0.2, 0.25) is 0 Å². The molecule has 0 bridgehead atoms. The largest absolute Gasteiger partial charge is 0.446 e. The second-order valence-corrected chi connectivity index (χ2v) is 7.84. The van der Waals surface area contributed by atoms with Gasteiger partial charge in [0.1, 0.15) is 0 Å². The topological polar surface area (TPSA) is 78.2 Å². The molecule has 0 spiro atoms. The predicted molar refractivity (Wildman–Crippen MR) is 105 cm³/mol. The van der Waals surface area contributed by atoms with Crippen LogP contribution in [0.3, 0.4) is 0 Å². The third-order valence-electron chi connectivity index (χ3n) is 3.53. The van der Waals surface area contributed by atoms with Crippen LogP contribution in [0.15, 0.2) is 61.5 Å². The Balaban J connectivity index is 1.62. The SMILES string of the molecule is C=CCn1c(SCc2cc(=O)n3ccsc3n2)nnc1-c1ccc(Br)o1. The molecule has 4 aromatic rings. The first-order valence-electron chi connectivity index (χ1n) is 7.54. The van der Waals surface area contributed by atoms with Crippen LogP contribution in [-0.4, -0.2) is 24.1 Å². The molecule has 4 heterocycles. The number of furan rings is 1. The van der Waals surface area contributed by atoms with Gasteiger partial charge in [0.2, 0.25) is 5.82 Å². The number of hydrogen-bond acceptors (Lipinski definition) is 7. The van der Waals surface area contributed by atoms with Crippen molar-refractivity contribution in [2.45, 2.75) is 17.5 Å². The van der Waals surface area contributed by atoms with E-state index >= 15 is 0 Å². The molecule has 4 aromatic heterocycles. The molecule has 4 rings (SSSR count). The van der Waals surface area contributed by atoms with E-state index in [4.69, 9.17) is 4.42 Å². The summed E-state index contributed by atoms with van der Waals surface area (Å²) in [6.07, 6.45) is 3.50. The molecule has 0 saturated heterocycles. The van der Waals surface area contributed by atoms with E-state index in [2.05, 4.69) is 37.7 Å². The van der Waals surface area contributed by atoms with Crippen LogP contribution in [-0.2, 0) is 12.3 Å². The highest BCUT2D eigenvalue weighted by molar-refractivity contribution is 9.10. The Morgan fingerprint density at radius 2 is 2.27 bits per heavy atom. The van der Waals surface area contributed by atoms with Crippen molar-refractivity contribution in [1.29, 1.82) is 0 Å². The molecule has 0 aliphatic rings. The normalized spacial score (nSPS) is 11.3. The minimum Gasteiger partial charge on any atom is -0.446 e. The molecule has 0 atom stereocenters. The quantitative estimate of drug-likeness (QED) is 0.328. The van der Waals surface area contributed by atoms with Gasteiger partial charge in [0, 0.05) is 29.9 Å². The summed E-state index contributed by atoms with van der Waals surface area (Å²) < 4.78 is 9.66. The predicted octanol–water partition coefficient (Wildman–Crippen LogP) is 3.85. The van der Waals surface area contributed by atoms with Gasteiger partial charge in [-0.3, -0.25) is 13.8 Å². The molecule has 7 nitrogen and oxygen atoms in total. The third-order valence-corrected chi connectivity index (χ3v) is 5.71. The molecule has 132 valence electrons. The molecular weight excluding hydrogens is 438 g/mol.